The average Bonchev–Trinajstić information content (AvgIpc) is 2.95. The molecule has 2 N–H and O–H groups in total. The predicted molar refractivity (Wildman–Crippen MR) is 70.9 cm³/mol. The molecule has 0 radical (unpaired) electrons. The number of carbonyl (C=O) groups excluding carboxylic acids is 1. The van der Waals surface area contributed by atoms with E-state index < -0.39 is 0 Å². The van der Waals surface area contributed by atoms with E-state index in [2.05, 4.69) is 20.7 Å². The number of aromatic nitrogens is 3. The van der Waals surface area contributed by atoms with Crippen LogP contribution in [0.15, 0.2) is 18.3 Å². The molecular weight excluding hydrogens is 266 g/mol. The van der Waals surface area contributed by atoms with Crippen LogP contribution in [0, 0.1) is 0 Å². The van der Waals surface area contributed by atoms with Crippen LogP contribution in [0.25, 0.3) is 5.65 Å². The van der Waals surface area contributed by atoms with Crippen molar-refractivity contribution in [3.05, 3.63) is 29.2 Å². The Bertz CT molecular complexity index is 611. The van der Waals surface area contributed by atoms with Crippen LogP contribution in [0.1, 0.15) is 18.7 Å². The lowest BCUT2D eigenvalue weighted by atomic mass is 10.2. The summed E-state index contributed by atoms with van der Waals surface area (Å²) in [5, 5.41) is 11.1. The van der Waals surface area contributed by atoms with Crippen LogP contribution in [0.4, 0.5) is 0 Å². The number of halogens is 1. The number of nitrogens with zero attached hydrogens (tertiary/aromatic N) is 3. The van der Waals surface area contributed by atoms with Crippen LogP contribution >= 0.6 is 11.6 Å². The van der Waals surface area contributed by atoms with Crippen molar-refractivity contribution in [1.82, 2.24) is 25.2 Å². The first-order chi connectivity index (χ1) is 9.20. The SMILES string of the molecule is O=C1CCC(CNCc2nc3cc(Cl)ccn3n2)N1. The largest absolute Gasteiger partial charge is 0.352 e. The van der Waals surface area contributed by atoms with Gasteiger partial charge in [-0.3, -0.25) is 4.79 Å². The Morgan fingerprint density at radius 2 is 2.47 bits per heavy atom. The summed E-state index contributed by atoms with van der Waals surface area (Å²) in [7, 11) is 0. The first kappa shape index (κ1) is 12.4. The summed E-state index contributed by atoms with van der Waals surface area (Å²) in [6.45, 7) is 1.31. The Labute approximate surface area is 115 Å². The van der Waals surface area contributed by atoms with E-state index in [-0.39, 0.29) is 11.9 Å². The lowest BCUT2D eigenvalue weighted by Gasteiger charge is -2.09. The maximum Gasteiger partial charge on any atom is 0.220 e. The van der Waals surface area contributed by atoms with E-state index in [1.54, 1.807) is 22.8 Å². The molecule has 1 atom stereocenters. The summed E-state index contributed by atoms with van der Waals surface area (Å²) in [5.74, 6) is 0.846. The van der Waals surface area contributed by atoms with Crippen molar-refractivity contribution in [2.24, 2.45) is 0 Å². The number of carbonyl (C=O) groups is 1. The van der Waals surface area contributed by atoms with Gasteiger partial charge in [-0.1, -0.05) is 11.6 Å². The van der Waals surface area contributed by atoms with Gasteiger partial charge in [0.25, 0.3) is 0 Å². The Kier molecular flexibility index (Phi) is 3.35. The maximum atomic E-state index is 11.1. The molecule has 2 aromatic heterocycles. The minimum atomic E-state index is 0.132. The van der Waals surface area contributed by atoms with Crippen LogP contribution in [-0.4, -0.2) is 33.1 Å². The standard InChI is InChI=1S/C12H14ClN5O/c13-8-3-4-18-11(5-8)16-10(17-18)7-14-6-9-1-2-12(19)15-9/h3-5,9,14H,1-2,6-7H2,(H,15,19). The summed E-state index contributed by atoms with van der Waals surface area (Å²) in [4.78, 5) is 15.4. The highest BCUT2D eigenvalue weighted by atomic mass is 35.5. The fraction of sp³-hybridized carbons (Fsp3) is 0.417. The lowest BCUT2D eigenvalue weighted by molar-refractivity contribution is -0.119. The highest BCUT2D eigenvalue weighted by Crippen LogP contribution is 2.10. The van der Waals surface area contributed by atoms with E-state index in [0.29, 0.717) is 23.8 Å². The van der Waals surface area contributed by atoms with Gasteiger partial charge in [0.15, 0.2) is 11.5 Å². The summed E-state index contributed by atoms with van der Waals surface area (Å²) >= 11 is 5.90. The third kappa shape index (κ3) is 2.85. The molecule has 100 valence electrons. The van der Waals surface area contributed by atoms with Gasteiger partial charge in [0.2, 0.25) is 5.91 Å². The zero-order chi connectivity index (χ0) is 13.2. The zero-order valence-electron chi connectivity index (χ0n) is 10.3. The van der Waals surface area contributed by atoms with Crippen molar-refractivity contribution < 1.29 is 4.79 Å². The van der Waals surface area contributed by atoms with Crippen molar-refractivity contribution in [1.29, 1.82) is 0 Å². The Morgan fingerprint density at radius 1 is 1.58 bits per heavy atom. The van der Waals surface area contributed by atoms with Crippen LogP contribution in [0.3, 0.4) is 0 Å². The molecule has 0 bridgehead atoms. The number of pyridine rings is 1. The molecule has 7 heteroatoms. The number of fused-ring (bicyclic) bond motifs is 1. The van der Waals surface area contributed by atoms with Crippen molar-refractivity contribution in [3.8, 4) is 0 Å². The second kappa shape index (κ2) is 5.14. The molecule has 0 aliphatic carbocycles. The van der Waals surface area contributed by atoms with E-state index in [9.17, 15) is 4.79 Å². The van der Waals surface area contributed by atoms with E-state index in [1.807, 2.05) is 0 Å². The topological polar surface area (TPSA) is 71.3 Å². The van der Waals surface area contributed by atoms with Gasteiger partial charge >= 0.3 is 0 Å². The molecule has 0 spiro atoms. The molecule has 3 heterocycles. The highest BCUT2D eigenvalue weighted by Gasteiger charge is 2.19. The molecule has 1 saturated heterocycles. The molecule has 19 heavy (non-hydrogen) atoms. The maximum absolute atomic E-state index is 11.1. The van der Waals surface area contributed by atoms with E-state index >= 15 is 0 Å². The summed E-state index contributed by atoms with van der Waals surface area (Å²) < 4.78 is 1.69. The number of rotatable bonds is 4. The molecular formula is C12H14ClN5O. The number of hydrogen-bond donors (Lipinski definition) is 2. The molecule has 2 aromatic rings. The van der Waals surface area contributed by atoms with Gasteiger partial charge in [0.1, 0.15) is 0 Å². The molecule has 1 unspecified atom stereocenters. The normalized spacial score (nSPS) is 19.0. The second-order valence-electron chi connectivity index (χ2n) is 4.61. The summed E-state index contributed by atoms with van der Waals surface area (Å²) in [6, 6.07) is 3.77. The van der Waals surface area contributed by atoms with Crippen LogP contribution in [0.2, 0.25) is 5.02 Å². The molecule has 0 aromatic carbocycles. The van der Waals surface area contributed by atoms with E-state index in [0.717, 1.165) is 18.6 Å². The molecule has 1 aliphatic heterocycles. The van der Waals surface area contributed by atoms with E-state index in [4.69, 9.17) is 11.6 Å². The fourth-order valence-corrected chi connectivity index (χ4v) is 2.32. The van der Waals surface area contributed by atoms with Crippen LogP contribution < -0.4 is 10.6 Å². The monoisotopic (exact) mass is 279 g/mol. The lowest BCUT2D eigenvalue weighted by Crippen LogP contribution is -2.35. The van der Waals surface area contributed by atoms with Gasteiger partial charge in [-0.15, -0.1) is 5.10 Å². The van der Waals surface area contributed by atoms with E-state index in [1.165, 1.54) is 0 Å². The van der Waals surface area contributed by atoms with Gasteiger partial charge in [0, 0.05) is 36.3 Å². The third-order valence-electron chi connectivity index (χ3n) is 3.10. The molecule has 1 aliphatic rings. The van der Waals surface area contributed by atoms with Crippen molar-refractivity contribution in [3.63, 3.8) is 0 Å². The Hall–Kier alpha value is -1.66. The predicted octanol–water partition coefficient (Wildman–Crippen LogP) is 0.751. The van der Waals surface area contributed by atoms with Crippen molar-refractivity contribution in [2.45, 2.75) is 25.4 Å². The van der Waals surface area contributed by atoms with Gasteiger partial charge in [-0.25, -0.2) is 9.50 Å². The summed E-state index contributed by atoms with van der Waals surface area (Å²) in [6.07, 6.45) is 3.29. The molecule has 1 amide bonds. The van der Waals surface area contributed by atoms with Gasteiger partial charge in [-0.2, -0.15) is 0 Å². The van der Waals surface area contributed by atoms with Gasteiger partial charge < -0.3 is 10.6 Å². The third-order valence-corrected chi connectivity index (χ3v) is 3.34. The Balaban J connectivity index is 1.58. The first-order valence-electron chi connectivity index (χ1n) is 6.21. The van der Waals surface area contributed by atoms with Crippen LogP contribution in [0.5, 0.6) is 0 Å². The van der Waals surface area contributed by atoms with Gasteiger partial charge in [-0.05, 0) is 12.5 Å². The fourth-order valence-electron chi connectivity index (χ4n) is 2.17. The molecule has 0 saturated carbocycles. The first-order valence-corrected chi connectivity index (χ1v) is 6.59. The smallest absolute Gasteiger partial charge is 0.220 e. The molecule has 3 rings (SSSR count). The molecule has 1 fully saturated rings. The average molecular weight is 280 g/mol. The Morgan fingerprint density at radius 3 is 3.26 bits per heavy atom. The molecule has 6 nitrogen and oxygen atoms in total. The highest BCUT2D eigenvalue weighted by molar-refractivity contribution is 6.30. The second-order valence-corrected chi connectivity index (χ2v) is 5.05. The van der Waals surface area contributed by atoms with Crippen LogP contribution in [-0.2, 0) is 11.3 Å². The minimum absolute atomic E-state index is 0.132. The van der Waals surface area contributed by atoms with Crippen molar-refractivity contribution in [2.75, 3.05) is 6.54 Å². The number of hydrogen-bond acceptors (Lipinski definition) is 4. The quantitative estimate of drug-likeness (QED) is 0.866. The van der Waals surface area contributed by atoms with Gasteiger partial charge in [0.05, 0.1) is 6.54 Å². The van der Waals surface area contributed by atoms with Crippen molar-refractivity contribution >= 4 is 23.2 Å². The minimum Gasteiger partial charge on any atom is -0.352 e. The number of nitrogens with one attached hydrogen (secondary N) is 2. The summed E-state index contributed by atoms with van der Waals surface area (Å²) in [5.41, 5.74) is 0.735. The number of amides is 1. The zero-order valence-corrected chi connectivity index (χ0v) is 11.0.